The number of aryl methyl sites for hydroxylation is 1. The zero-order valence-corrected chi connectivity index (χ0v) is 18.8. The van der Waals surface area contributed by atoms with E-state index in [1.165, 1.54) is 16.5 Å². The standard InChI is InChI=1S/C25H31N5O2/c1-28-9-5-19-3-2-18(16-21(19)28)17-29-10-7-25(8-11-29)6-4-20-22(25)26-24(27-23(20)31)30-12-14-32-15-13-30/h2-3,5,9,16H,4,6-8,10-15,17H2,1H3,(H,26,27,31). The van der Waals surface area contributed by atoms with E-state index >= 15 is 0 Å². The highest BCUT2D eigenvalue weighted by Gasteiger charge is 2.44. The van der Waals surface area contributed by atoms with Crippen molar-refractivity contribution in [2.45, 2.75) is 37.6 Å². The number of piperidine rings is 1. The number of benzene rings is 1. The monoisotopic (exact) mass is 433 g/mol. The van der Waals surface area contributed by atoms with Gasteiger partial charge in [-0.15, -0.1) is 0 Å². The van der Waals surface area contributed by atoms with E-state index in [0.29, 0.717) is 13.2 Å². The Morgan fingerprint density at radius 2 is 1.91 bits per heavy atom. The molecule has 0 unspecified atom stereocenters. The van der Waals surface area contributed by atoms with E-state index < -0.39 is 0 Å². The fraction of sp³-hybridized carbons (Fsp3) is 0.520. The second-order valence-electron chi connectivity index (χ2n) is 9.69. The highest BCUT2D eigenvalue weighted by Crippen LogP contribution is 2.44. The molecule has 1 aliphatic carbocycles. The molecule has 4 heterocycles. The van der Waals surface area contributed by atoms with Gasteiger partial charge in [-0.25, -0.2) is 4.98 Å². The minimum atomic E-state index is 0.0587. The first-order valence-electron chi connectivity index (χ1n) is 11.8. The van der Waals surface area contributed by atoms with Gasteiger partial charge in [0.1, 0.15) is 0 Å². The summed E-state index contributed by atoms with van der Waals surface area (Å²) in [6.07, 6.45) is 6.17. The van der Waals surface area contributed by atoms with Crippen molar-refractivity contribution in [3.8, 4) is 0 Å². The Labute approximate surface area is 188 Å². The molecule has 2 saturated heterocycles. The molecule has 2 aromatic heterocycles. The Balaban J connectivity index is 1.20. The number of likely N-dealkylation sites (tertiary alicyclic amines) is 1. The molecule has 7 heteroatoms. The van der Waals surface area contributed by atoms with Crippen molar-refractivity contribution in [2.75, 3.05) is 44.3 Å². The van der Waals surface area contributed by atoms with Crippen LogP contribution in [0.25, 0.3) is 10.9 Å². The van der Waals surface area contributed by atoms with Crippen LogP contribution in [-0.4, -0.2) is 58.8 Å². The van der Waals surface area contributed by atoms with Crippen molar-refractivity contribution in [2.24, 2.45) is 7.05 Å². The van der Waals surface area contributed by atoms with E-state index in [0.717, 1.165) is 75.6 Å². The van der Waals surface area contributed by atoms with Crippen molar-refractivity contribution in [3.05, 3.63) is 57.6 Å². The Bertz CT molecular complexity index is 1200. The van der Waals surface area contributed by atoms with Crippen LogP contribution in [0.4, 0.5) is 5.95 Å². The van der Waals surface area contributed by atoms with Crippen LogP contribution in [0, 0.1) is 0 Å². The number of aromatic nitrogens is 3. The van der Waals surface area contributed by atoms with Crippen LogP contribution >= 0.6 is 0 Å². The van der Waals surface area contributed by atoms with Gasteiger partial charge in [0.25, 0.3) is 5.56 Å². The number of H-pyrrole nitrogens is 1. The first kappa shape index (κ1) is 20.0. The second-order valence-corrected chi connectivity index (χ2v) is 9.69. The average Bonchev–Trinajstić information content (AvgIpc) is 3.37. The molecule has 0 bridgehead atoms. The zero-order chi connectivity index (χ0) is 21.7. The number of ether oxygens (including phenoxy) is 1. The van der Waals surface area contributed by atoms with E-state index in [1.54, 1.807) is 0 Å². The highest BCUT2D eigenvalue weighted by molar-refractivity contribution is 5.80. The third kappa shape index (κ3) is 3.35. The van der Waals surface area contributed by atoms with Crippen LogP contribution in [0.2, 0.25) is 0 Å². The van der Waals surface area contributed by atoms with Gasteiger partial charge in [-0.2, -0.15) is 0 Å². The number of hydrogen-bond donors (Lipinski definition) is 1. The number of hydrogen-bond acceptors (Lipinski definition) is 5. The number of morpholine rings is 1. The van der Waals surface area contributed by atoms with Gasteiger partial charge in [-0.3, -0.25) is 14.7 Å². The van der Waals surface area contributed by atoms with Crippen LogP contribution < -0.4 is 10.5 Å². The largest absolute Gasteiger partial charge is 0.378 e. The number of fused-ring (bicyclic) bond motifs is 3. The van der Waals surface area contributed by atoms with E-state index in [-0.39, 0.29) is 11.0 Å². The van der Waals surface area contributed by atoms with Gasteiger partial charge in [-0.1, -0.05) is 12.1 Å². The molecule has 1 spiro atoms. The fourth-order valence-electron chi connectivity index (χ4n) is 5.85. The summed E-state index contributed by atoms with van der Waals surface area (Å²) in [5.74, 6) is 0.733. The van der Waals surface area contributed by atoms with Crippen molar-refractivity contribution in [3.63, 3.8) is 0 Å². The van der Waals surface area contributed by atoms with E-state index in [2.05, 4.69) is 56.9 Å². The molecule has 2 fully saturated rings. The number of anilines is 1. The van der Waals surface area contributed by atoms with Crippen molar-refractivity contribution < 1.29 is 4.74 Å². The summed E-state index contributed by atoms with van der Waals surface area (Å²) >= 11 is 0. The van der Waals surface area contributed by atoms with Gasteiger partial charge in [0.2, 0.25) is 5.95 Å². The van der Waals surface area contributed by atoms with Crippen LogP contribution in [0.5, 0.6) is 0 Å². The molecule has 3 aliphatic rings. The zero-order valence-electron chi connectivity index (χ0n) is 18.8. The quantitative estimate of drug-likeness (QED) is 0.688. The van der Waals surface area contributed by atoms with Crippen LogP contribution in [0.15, 0.2) is 35.3 Å². The minimum absolute atomic E-state index is 0.0587. The molecular formula is C25H31N5O2. The van der Waals surface area contributed by atoms with E-state index in [1.807, 2.05) is 0 Å². The topological polar surface area (TPSA) is 66.4 Å². The van der Waals surface area contributed by atoms with Gasteiger partial charge in [0.15, 0.2) is 0 Å². The lowest BCUT2D eigenvalue weighted by Crippen LogP contribution is -2.43. The number of nitrogens with one attached hydrogen (secondary N) is 1. The summed E-state index contributed by atoms with van der Waals surface area (Å²) in [5.41, 5.74) is 4.78. The maximum atomic E-state index is 12.9. The van der Waals surface area contributed by atoms with Gasteiger partial charge in [-0.05, 0) is 61.9 Å². The third-order valence-electron chi connectivity index (χ3n) is 7.84. The highest BCUT2D eigenvalue weighted by atomic mass is 16.5. The Morgan fingerprint density at radius 3 is 2.72 bits per heavy atom. The molecule has 7 nitrogen and oxygen atoms in total. The predicted octanol–water partition coefficient (Wildman–Crippen LogP) is 2.58. The lowest BCUT2D eigenvalue weighted by Gasteiger charge is -2.39. The maximum absolute atomic E-state index is 12.9. The molecule has 0 atom stereocenters. The van der Waals surface area contributed by atoms with Crippen LogP contribution in [0.1, 0.15) is 36.1 Å². The Kier molecular flexibility index (Phi) is 4.84. The predicted molar refractivity (Wildman–Crippen MR) is 125 cm³/mol. The van der Waals surface area contributed by atoms with Gasteiger partial charge in [0, 0.05) is 49.4 Å². The minimum Gasteiger partial charge on any atom is -0.378 e. The normalized spacial score (nSPS) is 20.8. The summed E-state index contributed by atoms with van der Waals surface area (Å²) < 4.78 is 7.66. The maximum Gasteiger partial charge on any atom is 0.255 e. The average molecular weight is 434 g/mol. The van der Waals surface area contributed by atoms with Gasteiger partial charge >= 0.3 is 0 Å². The molecule has 1 aromatic carbocycles. The molecular weight excluding hydrogens is 402 g/mol. The molecule has 32 heavy (non-hydrogen) atoms. The SMILES string of the molecule is Cn1ccc2ccc(CN3CCC4(CCc5c4nc(N4CCOCC4)[nH]c5=O)CC3)cc21. The number of nitrogens with zero attached hydrogens (tertiary/aromatic N) is 4. The summed E-state index contributed by atoms with van der Waals surface area (Å²) in [7, 11) is 2.11. The Morgan fingerprint density at radius 1 is 1.09 bits per heavy atom. The van der Waals surface area contributed by atoms with Crippen molar-refractivity contribution in [1.82, 2.24) is 19.4 Å². The summed E-state index contributed by atoms with van der Waals surface area (Å²) in [6.45, 7) is 6.02. The molecule has 1 N–H and O–H groups in total. The van der Waals surface area contributed by atoms with Crippen molar-refractivity contribution >= 4 is 16.9 Å². The lowest BCUT2D eigenvalue weighted by molar-refractivity contribution is 0.122. The molecule has 3 aromatic rings. The summed E-state index contributed by atoms with van der Waals surface area (Å²) in [6, 6.07) is 8.97. The second kappa shape index (κ2) is 7.74. The van der Waals surface area contributed by atoms with Crippen molar-refractivity contribution in [1.29, 1.82) is 0 Å². The van der Waals surface area contributed by atoms with E-state index in [9.17, 15) is 4.79 Å². The molecule has 2 aliphatic heterocycles. The lowest BCUT2D eigenvalue weighted by atomic mass is 9.76. The molecule has 0 amide bonds. The summed E-state index contributed by atoms with van der Waals surface area (Å²) in [4.78, 5) is 25.7. The smallest absolute Gasteiger partial charge is 0.255 e. The molecule has 6 rings (SSSR count). The Hall–Kier alpha value is -2.64. The third-order valence-corrected chi connectivity index (χ3v) is 7.84. The van der Waals surface area contributed by atoms with Crippen LogP contribution in [0.3, 0.4) is 0 Å². The van der Waals surface area contributed by atoms with Gasteiger partial charge < -0.3 is 14.2 Å². The molecule has 0 radical (unpaired) electrons. The molecule has 0 saturated carbocycles. The first-order chi connectivity index (χ1) is 15.6. The number of aromatic amines is 1. The summed E-state index contributed by atoms with van der Waals surface area (Å²) in [5, 5.41) is 1.30. The first-order valence-corrected chi connectivity index (χ1v) is 11.8. The van der Waals surface area contributed by atoms with Crippen LogP contribution in [-0.2, 0) is 30.2 Å². The molecule has 168 valence electrons. The van der Waals surface area contributed by atoms with E-state index in [4.69, 9.17) is 9.72 Å². The fourth-order valence-corrected chi connectivity index (χ4v) is 5.85. The number of rotatable bonds is 3. The van der Waals surface area contributed by atoms with Gasteiger partial charge in [0.05, 0.1) is 18.9 Å².